The Kier molecular flexibility index (Phi) is 11.0. The van der Waals surface area contributed by atoms with Gasteiger partial charge in [0.05, 0.1) is 6.10 Å². The lowest BCUT2D eigenvalue weighted by molar-refractivity contribution is -0.137. The number of unbranched alkanes of at least 4 members (excludes halogenated alkanes) is 5. The Morgan fingerprint density at radius 1 is 1.08 bits per heavy atom. The smallest absolute Gasteiger partial charge is 0.303 e. The van der Waals surface area contributed by atoms with E-state index in [2.05, 4.69) is 6.92 Å². The standard InChI is InChI=1S/C20H36O4/c1-2-3-6-9-17(21)14-12-16-13-15-19(22)18(16)10-7-4-5-8-11-20(23)24/h16-18,21H,2-15H2,1H3,(H,23,24)/t16-,17?,18+/m0/s1. The molecule has 0 spiro atoms. The molecule has 4 nitrogen and oxygen atoms in total. The van der Waals surface area contributed by atoms with Gasteiger partial charge in [0.2, 0.25) is 0 Å². The summed E-state index contributed by atoms with van der Waals surface area (Å²) in [5, 5.41) is 18.7. The van der Waals surface area contributed by atoms with Crippen LogP contribution in [0.15, 0.2) is 0 Å². The van der Waals surface area contributed by atoms with Crippen LogP contribution in [-0.4, -0.2) is 28.1 Å². The zero-order valence-corrected chi connectivity index (χ0v) is 15.3. The van der Waals surface area contributed by atoms with Gasteiger partial charge in [0.25, 0.3) is 0 Å². The van der Waals surface area contributed by atoms with Crippen LogP contribution in [0.25, 0.3) is 0 Å². The number of carbonyl (C=O) groups is 2. The monoisotopic (exact) mass is 340 g/mol. The van der Waals surface area contributed by atoms with E-state index in [-0.39, 0.29) is 18.4 Å². The third kappa shape index (κ3) is 8.81. The average molecular weight is 341 g/mol. The van der Waals surface area contributed by atoms with Crippen LogP contribution in [0.1, 0.15) is 96.8 Å². The van der Waals surface area contributed by atoms with Gasteiger partial charge >= 0.3 is 5.97 Å². The van der Waals surface area contributed by atoms with Gasteiger partial charge < -0.3 is 10.2 Å². The summed E-state index contributed by atoms with van der Waals surface area (Å²) in [5.74, 6) is 0.328. The molecule has 1 rings (SSSR count). The highest BCUT2D eigenvalue weighted by molar-refractivity contribution is 5.83. The molecule has 1 fully saturated rings. The van der Waals surface area contributed by atoms with Gasteiger partial charge in [0, 0.05) is 18.8 Å². The summed E-state index contributed by atoms with van der Waals surface area (Å²) >= 11 is 0. The quantitative estimate of drug-likeness (QED) is 0.448. The second-order valence-corrected chi connectivity index (χ2v) is 7.45. The number of ketones is 1. The molecule has 1 aliphatic rings. The molecule has 1 unspecified atom stereocenters. The van der Waals surface area contributed by atoms with Crippen LogP contribution < -0.4 is 0 Å². The van der Waals surface area contributed by atoms with Gasteiger partial charge in [0.1, 0.15) is 5.78 Å². The van der Waals surface area contributed by atoms with E-state index in [0.717, 1.165) is 64.2 Å². The molecular weight excluding hydrogens is 304 g/mol. The van der Waals surface area contributed by atoms with Gasteiger partial charge in [-0.25, -0.2) is 0 Å². The van der Waals surface area contributed by atoms with E-state index in [4.69, 9.17) is 5.11 Å². The highest BCUT2D eigenvalue weighted by atomic mass is 16.4. The number of aliphatic hydroxyl groups excluding tert-OH is 1. The van der Waals surface area contributed by atoms with Gasteiger partial charge in [-0.05, 0) is 44.4 Å². The molecule has 1 saturated carbocycles. The third-order valence-electron chi connectivity index (χ3n) is 5.41. The average Bonchev–Trinajstić information content (AvgIpc) is 2.89. The van der Waals surface area contributed by atoms with Gasteiger partial charge in [-0.15, -0.1) is 0 Å². The summed E-state index contributed by atoms with van der Waals surface area (Å²) in [5.41, 5.74) is 0. The predicted octanol–water partition coefficient (Wildman–Crippen LogP) is 4.73. The van der Waals surface area contributed by atoms with E-state index in [1.165, 1.54) is 12.8 Å². The van der Waals surface area contributed by atoms with E-state index in [0.29, 0.717) is 18.1 Å². The molecular formula is C20H36O4. The number of aliphatic carboxylic acids is 1. The van der Waals surface area contributed by atoms with Crippen molar-refractivity contribution >= 4 is 11.8 Å². The summed E-state index contributed by atoms with van der Waals surface area (Å²) < 4.78 is 0. The Hall–Kier alpha value is -0.900. The Bertz CT molecular complexity index is 367. The summed E-state index contributed by atoms with van der Waals surface area (Å²) in [7, 11) is 0. The Morgan fingerprint density at radius 2 is 1.83 bits per heavy atom. The number of hydrogen-bond acceptors (Lipinski definition) is 3. The molecule has 0 aromatic heterocycles. The lowest BCUT2D eigenvalue weighted by Crippen LogP contribution is -2.17. The van der Waals surface area contributed by atoms with Crippen molar-refractivity contribution in [2.24, 2.45) is 11.8 Å². The van der Waals surface area contributed by atoms with Crippen molar-refractivity contribution in [2.75, 3.05) is 0 Å². The fraction of sp³-hybridized carbons (Fsp3) is 0.900. The molecule has 24 heavy (non-hydrogen) atoms. The molecule has 140 valence electrons. The lowest BCUT2D eigenvalue weighted by atomic mass is 9.86. The number of rotatable bonds is 14. The first-order valence-corrected chi connectivity index (χ1v) is 9.97. The van der Waals surface area contributed by atoms with E-state index in [1.54, 1.807) is 0 Å². The number of aliphatic hydroxyl groups is 1. The minimum absolute atomic E-state index is 0.187. The summed E-state index contributed by atoms with van der Waals surface area (Å²) in [4.78, 5) is 22.6. The van der Waals surface area contributed by atoms with Crippen molar-refractivity contribution in [1.82, 2.24) is 0 Å². The van der Waals surface area contributed by atoms with E-state index < -0.39 is 5.97 Å². The van der Waals surface area contributed by atoms with Gasteiger partial charge in [-0.1, -0.05) is 45.4 Å². The van der Waals surface area contributed by atoms with E-state index in [1.807, 2.05) is 0 Å². The number of hydrogen-bond donors (Lipinski definition) is 2. The van der Waals surface area contributed by atoms with Crippen LogP contribution in [0, 0.1) is 11.8 Å². The summed E-state index contributed by atoms with van der Waals surface area (Å²) in [6.07, 6.45) is 12.6. The largest absolute Gasteiger partial charge is 0.481 e. The molecule has 0 bridgehead atoms. The molecule has 2 N–H and O–H groups in total. The minimum atomic E-state index is -0.724. The van der Waals surface area contributed by atoms with Crippen molar-refractivity contribution in [1.29, 1.82) is 0 Å². The van der Waals surface area contributed by atoms with Crippen LogP contribution in [0.2, 0.25) is 0 Å². The first-order valence-electron chi connectivity index (χ1n) is 9.97. The van der Waals surface area contributed by atoms with Crippen molar-refractivity contribution < 1.29 is 19.8 Å². The molecule has 0 aromatic carbocycles. The van der Waals surface area contributed by atoms with Crippen LogP contribution in [0.3, 0.4) is 0 Å². The zero-order chi connectivity index (χ0) is 17.8. The summed E-state index contributed by atoms with van der Waals surface area (Å²) in [6, 6.07) is 0. The Labute approximate surface area is 147 Å². The number of carboxylic acid groups (broad SMARTS) is 1. The first kappa shape index (κ1) is 21.1. The molecule has 0 aliphatic heterocycles. The van der Waals surface area contributed by atoms with Crippen LogP contribution in [-0.2, 0) is 9.59 Å². The van der Waals surface area contributed by atoms with E-state index >= 15 is 0 Å². The third-order valence-corrected chi connectivity index (χ3v) is 5.41. The molecule has 0 saturated heterocycles. The molecule has 0 aromatic rings. The van der Waals surface area contributed by atoms with Gasteiger partial charge in [0.15, 0.2) is 0 Å². The van der Waals surface area contributed by atoms with Crippen molar-refractivity contribution in [2.45, 2.75) is 103 Å². The van der Waals surface area contributed by atoms with Crippen LogP contribution >= 0.6 is 0 Å². The molecule has 0 heterocycles. The predicted molar refractivity (Wildman–Crippen MR) is 95.9 cm³/mol. The highest BCUT2D eigenvalue weighted by Crippen LogP contribution is 2.36. The highest BCUT2D eigenvalue weighted by Gasteiger charge is 2.33. The maximum atomic E-state index is 12.1. The maximum Gasteiger partial charge on any atom is 0.303 e. The Morgan fingerprint density at radius 3 is 2.54 bits per heavy atom. The van der Waals surface area contributed by atoms with Gasteiger partial charge in [-0.2, -0.15) is 0 Å². The molecule has 0 amide bonds. The normalized spacial score (nSPS) is 22.0. The van der Waals surface area contributed by atoms with Crippen molar-refractivity contribution in [3.05, 3.63) is 0 Å². The fourth-order valence-electron chi connectivity index (χ4n) is 3.89. The summed E-state index contributed by atoms with van der Waals surface area (Å²) in [6.45, 7) is 2.17. The first-order chi connectivity index (χ1) is 11.5. The van der Waals surface area contributed by atoms with Crippen LogP contribution in [0.4, 0.5) is 0 Å². The molecule has 0 radical (unpaired) electrons. The van der Waals surface area contributed by atoms with Crippen molar-refractivity contribution in [3.63, 3.8) is 0 Å². The lowest BCUT2D eigenvalue weighted by Gasteiger charge is -2.20. The second kappa shape index (κ2) is 12.5. The number of carboxylic acids is 1. The fourth-order valence-corrected chi connectivity index (χ4v) is 3.89. The van der Waals surface area contributed by atoms with Crippen LogP contribution in [0.5, 0.6) is 0 Å². The Balaban J connectivity index is 2.19. The molecule has 4 heteroatoms. The SMILES string of the molecule is CCCCCC(O)CC[C@H]1CCC(=O)[C@@H]1CCCCCCC(=O)O. The van der Waals surface area contributed by atoms with E-state index in [9.17, 15) is 14.7 Å². The van der Waals surface area contributed by atoms with Crippen molar-refractivity contribution in [3.8, 4) is 0 Å². The minimum Gasteiger partial charge on any atom is -0.481 e. The molecule has 3 atom stereocenters. The number of Topliss-reactive ketones (excluding diaryl/α,β-unsaturated/α-hetero) is 1. The number of carbonyl (C=O) groups excluding carboxylic acids is 1. The van der Waals surface area contributed by atoms with Gasteiger partial charge in [-0.3, -0.25) is 9.59 Å². The zero-order valence-electron chi connectivity index (χ0n) is 15.3. The topological polar surface area (TPSA) is 74.6 Å². The second-order valence-electron chi connectivity index (χ2n) is 7.45. The molecule has 1 aliphatic carbocycles. The maximum absolute atomic E-state index is 12.1.